The van der Waals surface area contributed by atoms with Crippen molar-refractivity contribution >= 4 is 6.08 Å². The van der Waals surface area contributed by atoms with Crippen molar-refractivity contribution in [2.24, 2.45) is 0 Å². The van der Waals surface area contributed by atoms with Crippen LogP contribution in [0.15, 0.2) is 60.7 Å². The fourth-order valence-electron chi connectivity index (χ4n) is 1.49. The summed E-state index contributed by atoms with van der Waals surface area (Å²) in [6.07, 6.45) is 4.18. The Hall–Kier alpha value is -1.82. The molecule has 0 bridgehead atoms. The van der Waals surface area contributed by atoms with Gasteiger partial charge in [0.05, 0.1) is 0 Å². The average Bonchev–Trinajstić information content (AvgIpc) is 2.34. The second-order valence-electron chi connectivity index (χ2n) is 4.01. The van der Waals surface area contributed by atoms with E-state index in [9.17, 15) is 0 Å². The first-order valence-corrected chi connectivity index (χ1v) is 5.94. The molecule has 0 aliphatic heterocycles. The number of hydrogen-bond acceptors (Lipinski definition) is 0. The van der Waals surface area contributed by atoms with Crippen LogP contribution in [0.2, 0.25) is 0 Å². The van der Waals surface area contributed by atoms with Gasteiger partial charge in [-0.15, -0.1) is 0 Å². The second kappa shape index (κ2) is 7.45. The van der Waals surface area contributed by atoms with Crippen molar-refractivity contribution in [3.05, 3.63) is 77.4 Å². The Kier molecular flexibility index (Phi) is 5.81. The molecule has 0 aliphatic carbocycles. The van der Waals surface area contributed by atoms with Crippen LogP contribution in [0.25, 0.3) is 6.08 Å². The topological polar surface area (TPSA) is 0 Å². The molecular formula is C17H20. The van der Waals surface area contributed by atoms with Gasteiger partial charge in [-0.25, -0.2) is 0 Å². The quantitative estimate of drug-likeness (QED) is 0.637. The summed E-state index contributed by atoms with van der Waals surface area (Å²) in [7, 11) is 0. The van der Waals surface area contributed by atoms with Gasteiger partial charge in [0, 0.05) is 0 Å². The van der Waals surface area contributed by atoms with Gasteiger partial charge in [0.25, 0.3) is 0 Å². The van der Waals surface area contributed by atoms with Gasteiger partial charge in [-0.05, 0) is 31.9 Å². The maximum atomic E-state index is 2.12. The summed E-state index contributed by atoms with van der Waals surface area (Å²) in [5, 5.41) is 0. The lowest BCUT2D eigenvalue weighted by Crippen LogP contribution is -1.76. The SMILES string of the molecule is C/C=C\c1ccccc1C.Cc1ccccc1. The number of benzene rings is 2. The molecule has 0 aliphatic rings. The fraction of sp³-hybridized carbons (Fsp3) is 0.176. The van der Waals surface area contributed by atoms with E-state index in [4.69, 9.17) is 0 Å². The Labute approximate surface area is 105 Å². The highest BCUT2D eigenvalue weighted by Gasteiger charge is 1.87. The van der Waals surface area contributed by atoms with Crippen molar-refractivity contribution in [3.8, 4) is 0 Å². The second-order valence-corrected chi connectivity index (χ2v) is 4.01. The Morgan fingerprint density at radius 3 is 1.82 bits per heavy atom. The molecule has 2 aromatic rings. The van der Waals surface area contributed by atoms with Gasteiger partial charge in [-0.3, -0.25) is 0 Å². The van der Waals surface area contributed by atoms with E-state index < -0.39 is 0 Å². The first-order chi connectivity index (χ1) is 8.24. The van der Waals surface area contributed by atoms with Crippen LogP contribution in [0.4, 0.5) is 0 Å². The van der Waals surface area contributed by atoms with Crippen LogP contribution >= 0.6 is 0 Å². The van der Waals surface area contributed by atoms with Crippen LogP contribution in [-0.2, 0) is 0 Å². The van der Waals surface area contributed by atoms with Crippen LogP contribution in [0.3, 0.4) is 0 Å². The van der Waals surface area contributed by atoms with Gasteiger partial charge in [-0.1, -0.05) is 72.3 Å². The van der Waals surface area contributed by atoms with Gasteiger partial charge in [-0.2, -0.15) is 0 Å². The van der Waals surface area contributed by atoms with Crippen LogP contribution in [0.1, 0.15) is 23.6 Å². The van der Waals surface area contributed by atoms with Gasteiger partial charge in [0.1, 0.15) is 0 Å². The maximum Gasteiger partial charge on any atom is -0.0231 e. The minimum absolute atomic E-state index is 1.31. The van der Waals surface area contributed by atoms with Crippen molar-refractivity contribution in [3.63, 3.8) is 0 Å². The summed E-state index contributed by atoms with van der Waals surface area (Å²) in [5.41, 5.74) is 3.97. The third-order valence-corrected chi connectivity index (χ3v) is 2.48. The van der Waals surface area contributed by atoms with Crippen LogP contribution in [-0.4, -0.2) is 0 Å². The van der Waals surface area contributed by atoms with Gasteiger partial charge >= 0.3 is 0 Å². The van der Waals surface area contributed by atoms with Crippen LogP contribution < -0.4 is 0 Å². The highest BCUT2D eigenvalue weighted by atomic mass is 13.9. The highest BCUT2D eigenvalue weighted by Crippen LogP contribution is 2.07. The number of rotatable bonds is 1. The molecule has 0 amide bonds. The molecule has 0 heterocycles. The van der Waals surface area contributed by atoms with Crippen molar-refractivity contribution in [1.82, 2.24) is 0 Å². The van der Waals surface area contributed by atoms with Crippen molar-refractivity contribution in [1.29, 1.82) is 0 Å². The van der Waals surface area contributed by atoms with E-state index in [2.05, 4.69) is 62.4 Å². The Morgan fingerprint density at radius 1 is 0.765 bits per heavy atom. The Morgan fingerprint density at radius 2 is 1.35 bits per heavy atom. The molecule has 0 N–H and O–H groups in total. The smallest absolute Gasteiger partial charge is 0.0231 e. The fourth-order valence-corrected chi connectivity index (χ4v) is 1.49. The zero-order chi connectivity index (χ0) is 12.5. The maximum absolute atomic E-state index is 2.12. The predicted molar refractivity (Wildman–Crippen MR) is 77.1 cm³/mol. The lowest BCUT2D eigenvalue weighted by atomic mass is 10.1. The zero-order valence-corrected chi connectivity index (χ0v) is 10.9. The molecule has 0 atom stereocenters. The molecule has 0 aromatic heterocycles. The van der Waals surface area contributed by atoms with Crippen LogP contribution in [0.5, 0.6) is 0 Å². The zero-order valence-electron chi connectivity index (χ0n) is 10.9. The van der Waals surface area contributed by atoms with Gasteiger partial charge in [0.2, 0.25) is 0 Å². The lowest BCUT2D eigenvalue weighted by molar-refractivity contribution is 1.44. The summed E-state index contributed by atoms with van der Waals surface area (Å²) in [6.45, 7) is 6.24. The van der Waals surface area contributed by atoms with E-state index >= 15 is 0 Å². The first-order valence-electron chi connectivity index (χ1n) is 5.94. The summed E-state index contributed by atoms with van der Waals surface area (Å²) in [5.74, 6) is 0. The van der Waals surface area contributed by atoms with Gasteiger partial charge in [0.15, 0.2) is 0 Å². The molecule has 0 fully saturated rings. The largest absolute Gasteiger partial charge is 0.0871 e. The third-order valence-electron chi connectivity index (χ3n) is 2.48. The van der Waals surface area contributed by atoms with Gasteiger partial charge < -0.3 is 0 Å². The number of hydrogen-bond donors (Lipinski definition) is 0. The Balaban J connectivity index is 0.000000181. The molecule has 0 radical (unpaired) electrons. The van der Waals surface area contributed by atoms with Crippen molar-refractivity contribution < 1.29 is 0 Å². The van der Waals surface area contributed by atoms with E-state index in [1.165, 1.54) is 16.7 Å². The monoisotopic (exact) mass is 224 g/mol. The van der Waals surface area contributed by atoms with E-state index in [1.807, 2.05) is 25.1 Å². The molecule has 88 valence electrons. The highest BCUT2D eigenvalue weighted by molar-refractivity contribution is 5.52. The number of aryl methyl sites for hydroxylation is 2. The minimum atomic E-state index is 1.31. The van der Waals surface area contributed by atoms with Crippen LogP contribution in [0, 0.1) is 13.8 Å². The third kappa shape index (κ3) is 5.17. The van der Waals surface area contributed by atoms with E-state index in [-0.39, 0.29) is 0 Å². The Bertz CT molecular complexity index is 452. The molecule has 17 heavy (non-hydrogen) atoms. The molecule has 0 nitrogen and oxygen atoms in total. The molecule has 2 rings (SSSR count). The van der Waals surface area contributed by atoms with Crippen molar-refractivity contribution in [2.75, 3.05) is 0 Å². The summed E-state index contributed by atoms with van der Waals surface area (Å²) >= 11 is 0. The molecule has 0 unspecified atom stereocenters. The van der Waals surface area contributed by atoms with E-state index in [0.29, 0.717) is 0 Å². The standard InChI is InChI=1S/C10H12.C7H8/c1-3-6-10-8-5-4-7-9(10)2;1-7-5-3-2-4-6-7/h3-8H,1-2H3;2-6H,1H3/b6-3-;. The molecule has 0 saturated carbocycles. The predicted octanol–water partition coefficient (Wildman–Crippen LogP) is 5.02. The van der Waals surface area contributed by atoms with E-state index in [0.717, 1.165) is 0 Å². The molecule has 0 saturated heterocycles. The summed E-state index contributed by atoms with van der Waals surface area (Å²) in [4.78, 5) is 0. The molecule has 2 aromatic carbocycles. The summed E-state index contributed by atoms with van der Waals surface area (Å²) in [6, 6.07) is 18.6. The average molecular weight is 224 g/mol. The van der Waals surface area contributed by atoms with Crippen molar-refractivity contribution in [2.45, 2.75) is 20.8 Å². The molecule has 0 spiro atoms. The lowest BCUT2D eigenvalue weighted by Gasteiger charge is -1.96. The van der Waals surface area contributed by atoms with E-state index in [1.54, 1.807) is 0 Å². The first kappa shape index (κ1) is 13.2. The minimum Gasteiger partial charge on any atom is -0.0871 e. The number of allylic oxidation sites excluding steroid dienone is 1. The molecular weight excluding hydrogens is 204 g/mol. The normalized spacial score (nSPS) is 9.82. The summed E-state index contributed by atoms with van der Waals surface area (Å²) < 4.78 is 0. The molecule has 0 heteroatoms.